The maximum absolute atomic E-state index is 5.47. The third-order valence-corrected chi connectivity index (χ3v) is 2.79. The van der Waals surface area contributed by atoms with Crippen LogP contribution in [0.5, 0.6) is 0 Å². The SMILES string of the molecule is CCCc1nccn1-c1nc(C)nc(NN)c1C. The van der Waals surface area contributed by atoms with Crippen LogP contribution in [0.4, 0.5) is 5.82 Å². The molecule has 0 aromatic carbocycles. The van der Waals surface area contributed by atoms with Crippen molar-refractivity contribution in [3.05, 3.63) is 29.6 Å². The lowest BCUT2D eigenvalue weighted by molar-refractivity contribution is 0.788. The fourth-order valence-corrected chi connectivity index (χ4v) is 1.92. The minimum absolute atomic E-state index is 0.647. The molecule has 0 bridgehead atoms. The number of aryl methyl sites for hydroxylation is 2. The van der Waals surface area contributed by atoms with Crippen LogP contribution in [0.2, 0.25) is 0 Å². The van der Waals surface area contributed by atoms with E-state index in [2.05, 4.69) is 27.3 Å². The third kappa shape index (κ3) is 2.19. The third-order valence-electron chi connectivity index (χ3n) is 2.79. The Kier molecular flexibility index (Phi) is 3.57. The summed E-state index contributed by atoms with van der Waals surface area (Å²) in [6.45, 7) is 5.92. The predicted octanol–water partition coefficient (Wildman–Crippen LogP) is 1.52. The number of nitrogens with two attached hydrogens (primary N) is 1. The van der Waals surface area contributed by atoms with Gasteiger partial charge in [0, 0.05) is 24.4 Å². The van der Waals surface area contributed by atoms with Crippen LogP contribution < -0.4 is 11.3 Å². The first-order valence-electron chi connectivity index (χ1n) is 6.01. The summed E-state index contributed by atoms with van der Waals surface area (Å²) in [5.41, 5.74) is 3.52. The van der Waals surface area contributed by atoms with E-state index in [1.54, 1.807) is 6.20 Å². The van der Waals surface area contributed by atoms with Gasteiger partial charge in [0.05, 0.1) is 0 Å². The monoisotopic (exact) mass is 246 g/mol. The van der Waals surface area contributed by atoms with Crippen molar-refractivity contribution in [3.8, 4) is 5.82 Å². The summed E-state index contributed by atoms with van der Waals surface area (Å²) in [6, 6.07) is 0. The standard InChI is InChI=1S/C12H18N6/c1-4-5-10-14-6-7-18(10)12-8(2)11(17-13)15-9(3)16-12/h6-7H,4-5,13H2,1-3H3,(H,15,16,17). The number of nitrogen functional groups attached to an aromatic ring is 1. The molecule has 0 spiro atoms. The summed E-state index contributed by atoms with van der Waals surface area (Å²) in [6.07, 6.45) is 5.67. The Morgan fingerprint density at radius 3 is 2.78 bits per heavy atom. The first kappa shape index (κ1) is 12.5. The average Bonchev–Trinajstić information content (AvgIpc) is 2.80. The summed E-state index contributed by atoms with van der Waals surface area (Å²) in [7, 11) is 0. The Hall–Kier alpha value is -1.95. The van der Waals surface area contributed by atoms with Crippen LogP contribution in [-0.4, -0.2) is 19.5 Å². The van der Waals surface area contributed by atoms with Gasteiger partial charge in [-0.15, -0.1) is 0 Å². The van der Waals surface area contributed by atoms with Crippen molar-refractivity contribution in [2.75, 3.05) is 5.43 Å². The number of nitrogens with zero attached hydrogens (tertiary/aromatic N) is 4. The molecule has 0 radical (unpaired) electrons. The van der Waals surface area contributed by atoms with Gasteiger partial charge in [-0.25, -0.2) is 20.8 Å². The summed E-state index contributed by atoms with van der Waals surface area (Å²) in [5, 5.41) is 0. The minimum atomic E-state index is 0.647. The number of hydrogen-bond donors (Lipinski definition) is 2. The van der Waals surface area contributed by atoms with Gasteiger partial charge in [0.25, 0.3) is 0 Å². The van der Waals surface area contributed by atoms with Crippen molar-refractivity contribution in [1.29, 1.82) is 0 Å². The fraction of sp³-hybridized carbons (Fsp3) is 0.417. The van der Waals surface area contributed by atoms with Crippen LogP contribution in [0, 0.1) is 13.8 Å². The van der Waals surface area contributed by atoms with E-state index in [-0.39, 0.29) is 0 Å². The van der Waals surface area contributed by atoms with Crippen molar-refractivity contribution >= 4 is 5.82 Å². The quantitative estimate of drug-likeness (QED) is 0.631. The van der Waals surface area contributed by atoms with Gasteiger partial charge < -0.3 is 5.43 Å². The van der Waals surface area contributed by atoms with Crippen LogP contribution in [0.15, 0.2) is 12.4 Å². The Morgan fingerprint density at radius 2 is 2.11 bits per heavy atom. The molecule has 0 atom stereocenters. The number of hydrogen-bond acceptors (Lipinski definition) is 5. The second kappa shape index (κ2) is 5.14. The molecule has 0 fully saturated rings. The zero-order chi connectivity index (χ0) is 13.1. The largest absolute Gasteiger partial charge is 0.308 e. The Bertz CT molecular complexity index is 545. The highest BCUT2D eigenvalue weighted by Crippen LogP contribution is 2.19. The smallest absolute Gasteiger partial charge is 0.148 e. The Morgan fingerprint density at radius 1 is 1.33 bits per heavy atom. The van der Waals surface area contributed by atoms with Gasteiger partial charge in [-0.1, -0.05) is 6.92 Å². The van der Waals surface area contributed by atoms with Crippen molar-refractivity contribution in [2.45, 2.75) is 33.6 Å². The molecule has 0 saturated heterocycles. The van der Waals surface area contributed by atoms with E-state index in [0.29, 0.717) is 11.6 Å². The van der Waals surface area contributed by atoms with Crippen LogP contribution in [-0.2, 0) is 6.42 Å². The van der Waals surface area contributed by atoms with Gasteiger partial charge in [0.15, 0.2) is 0 Å². The maximum atomic E-state index is 5.47. The average molecular weight is 246 g/mol. The molecule has 6 nitrogen and oxygen atoms in total. The van der Waals surface area contributed by atoms with Gasteiger partial charge in [-0.05, 0) is 20.3 Å². The van der Waals surface area contributed by atoms with E-state index < -0.39 is 0 Å². The lowest BCUT2D eigenvalue weighted by Crippen LogP contribution is -2.15. The summed E-state index contributed by atoms with van der Waals surface area (Å²) in [5.74, 6) is 8.63. The molecule has 2 rings (SSSR count). The molecule has 6 heteroatoms. The number of anilines is 1. The van der Waals surface area contributed by atoms with Gasteiger partial charge in [-0.2, -0.15) is 0 Å². The molecule has 3 N–H and O–H groups in total. The van der Waals surface area contributed by atoms with Gasteiger partial charge >= 0.3 is 0 Å². The minimum Gasteiger partial charge on any atom is -0.308 e. The second-order valence-corrected chi connectivity index (χ2v) is 4.18. The van der Waals surface area contributed by atoms with Crippen molar-refractivity contribution in [3.63, 3.8) is 0 Å². The van der Waals surface area contributed by atoms with Gasteiger partial charge in [0.2, 0.25) is 0 Å². The van der Waals surface area contributed by atoms with E-state index in [0.717, 1.165) is 30.0 Å². The predicted molar refractivity (Wildman–Crippen MR) is 70.4 cm³/mol. The summed E-state index contributed by atoms with van der Waals surface area (Å²) in [4.78, 5) is 13.1. The highest BCUT2D eigenvalue weighted by Gasteiger charge is 2.12. The Balaban J connectivity index is 2.56. The lowest BCUT2D eigenvalue weighted by atomic mass is 10.2. The van der Waals surface area contributed by atoms with E-state index >= 15 is 0 Å². The van der Waals surface area contributed by atoms with Gasteiger partial charge in [-0.3, -0.25) is 4.57 Å². The Labute approximate surface area is 106 Å². The second-order valence-electron chi connectivity index (χ2n) is 4.18. The topological polar surface area (TPSA) is 81.7 Å². The molecule has 0 aliphatic carbocycles. The normalized spacial score (nSPS) is 10.7. The molecule has 18 heavy (non-hydrogen) atoms. The molecule has 0 aliphatic rings. The zero-order valence-corrected chi connectivity index (χ0v) is 10.9. The van der Waals surface area contributed by atoms with Crippen molar-refractivity contribution in [1.82, 2.24) is 19.5 Å². The molecular weight excluding hydrogens is 228 g/mol. The van der Waals surface area contributed by atoms with Crippen LogP contribution in [0.25, 0.3) is 5.82 Å². The maximum Gasteiger partial charge on any atom is 0.148 e. The number of imidazole rings is 1. The highest BCUT2D eigenvalue weighted by atomic mass is 15.3. The first-order valence-corrected chi connectivity index (χ1v) is 6.01. The number of hydrazine groups is 1. The lowest BCUT2D eigenvalue weighted by Gasteiger charge is -2.13. The van der Waals surface area contributed by atoms with Crippen molar-refractivity contribution < 1.29 is 0 Å². The van der Waals surface area contributed by atoms with E-state index in [1.165, 1.54) is 0 Å². The molecule has 2 aromatic rings. The summed E-state index contributed by atoms with van der Waals surface area (Å²) < 4.78 is 1.99. The molecule has 0 amide bonds. The fourth-order valence-electron chi connectivity index (χ4n) is 1.92. The molecular formula is C12H18N6. The number of aromatic nitrogens is 4. The molecule has 0 aliphatic heterocycles. The molecule has 2 heterocycles. The molecule has 96 valence electrons. The molecule has 0 saturated carbocycles. The highest BCUT2D eigenvalue weighted by molar-refractivity contribution is 5.51. The van der Waals surface area contributed by atoms with E-state index in [1.807, 2.05) is 24.6 Å². The van der Waals surface area contributed by atoms with E-state index in [9.17, 15) is 0 Å². The summed E-state index contributed by atoms with van der Waals surface area (Å²) >= 11 is 0. The van der Waals surface area contributed by atoms with Crippen LogP contribution >= 0.6 is 0 Å². The van der Waals surface area contributed by atoms with Gasteiger partial charge in [0.1, 0.15) is 23.3 Å². The first-order chi connectivity index (χ1) is 8.67. The zero-order valence-electron chi connectivity index (χ0n) is 10.9. The number of rotatable bonds is 4. The molecule has 2 aromatic heterocycles. The van der Waals surface area contributed by atoms with Crippen LogP contribution in [0.1, 0.15) is 30.6 Å². The van der Waals surface area contributed by atoms with Crippen LogP contribution in [0.3, 0.4) is 0 Å². The van der Waals surface area contributed by atoms with Crippen molar-refractivity contribution in [2.24, 2.45) is 5.84 Å². The molecule has 0 unspecified atom stereocenters. The van der Waals surface area contributed by atoms with E-state index in [4.69, 9.17) is 5.84 Å². The number of nitrogens with one attached hydrogen (secondary N) is 1.